The summed E-state index contributed by atoms with van der Waals surface area (Å²) >= 11 is 1.18. The van der Waals surface area contributed by atoms with E-state index < -0.39 is 5.97 Å². The number of carbonyl (C=O) groups excluding carboxylic acids is 1. The zero-order valence-electron chi connectivity index (χ0n) is 22.2. The van der Waals surface area contributed by atoms with Crippen molar-refractivity contribution >= 4 is 28.9 Å². The van der Waals surface area contributed by atoms with E-state index in [-0.39, 0.29) is 40.4 Å². The van der Waals surface area contributed by atoms with Crippen LogP contribution in [0.5, 0.6) is 0 Å². The molecule has 2 aliphatic carbocycles. The number of hydrogen-bond donors (Lipinski definition) is 1. The maximum Gasteiger partial charge on any atom is 0.348 e. The molecule has 1 aliphatic heterocycles. The molecule has 0 aromatic carbocycles. The molecular formula is C29H41NO5S. The van der Waals surface area contributed by atoms with Gasteiger partial charge in [0.15, 0.2) is 0 Å². The zero-order valence-corrected chi connectivity index (χ0v) is 23.0. The van der Waals surface area contributed by atoms with Gasteiger partial charge in [-0.3, -0.25) is 4.79 Å². The van der Waals surface area contributed by atoms with E-state index >= 15 is 0 Å². The number of carboxylic acids is 1. The summed E-state index contributed by atoms with van der Waals surface area (Å²) in [4.78, 5) is 29.1. The molecule has 1 saturated heterocycles. The highest BCUT2D eigenvalue weighted by Crippen LogP contribution is 2.39. The van der Waals surface area contributed by atoms with Gasteiger partial charge in [0.05, 0.1) is 29.4 Å². The third-order valence-corrected chi connectivity index (χ3v) is 8.64. The Labute approximate surface area is 219 Å². The van der Waals surface area contributed by atoms with Crippen molar-refractivity contribution in [1.82, 2.24) is 0 Å². The molecule has 2 heterocycles. The first-order valence-electron chi connectivity index (χ1n) is 13.6. The number of carbonyl (C=O) groups is 2. The van der Waals surface area contributed by atoms with Crippen molar-refractivity contribution in [3.8, 4) is 11.8 Å². The fraction of sp³-hybridized carbons (Fsp3) is 0.724. The molecule has 3 fully saturated rings. The van der Waals surface area contributed by atoms with Gasteiger partial charge in [-0.15, -0.1) is 11.3 Å². The van der Waals surface area contributed by atoms with Crippen LogP contribution < -0.4 is 4.90 Å². The largest absolute Gasteiger partial charge is 0.477 e. The van der Waals surface area contributed by atoms with Crippen molar-refractivity contribution in [1.29, 1.82) is 0 Å². The summed E-state index contributed by atoms with van der Waals surface area (Å²) < 4.78 is 11.7. The van der Waals surface area contributed by atoms with Crippen molar-refractivity contribution in [2.45, 2.75) is 104 Å². The van der Waals surface area contributed by atoms with Crippen LogP contribution in [-0.4, -0.2) is 48.4 Å². The van der Waals surface area contributed by atoms with Crippen LogP contribution in [0.15, 0.2) is 6.07 Å². The maximum atomic E-state index is 14.0. The molecule has 0 bridgehead atoms. The Morgan fingerprint density at radius 1 is 1.06 bits per heavy atom. The number of amides is 1. The molecule has 6 nitrogen and oxygen atoms in total. The summed E-state index contributed by atoms with van der Waals surface area (Å²) in [7, 11) is 0. The lowest BCUT2D eigenvalue weighted by molar-refractivity contribution is -0.124. The molecule has 1 aromatic rings. The summed E-state index contributed by atoms with van der Waals surface area (Å²) in [6.07, 6.45) is 8.50. The standard InChI is InChI=1S/C29H41NO5S/c1-19-5-7-20(8-6-19)27(31)30(21-9-11-22(12-10-21)35-23-14-16-34-18-23)25-17-24(13-15-29(2,3)4)36-26(25)28(32)33/h17,19-23H,5-12,14,16,18H2,1-4H3,(H,32,33)/t19-,20-,21-,22-,23-/m1/s1. The van der Waals surface area contributed by atoms with E-state index in [1.54, 1.807) is 0 Å². The molecule has 1 amide bonds. The topological polar surface area (TPSA) is 76.1 Å². The monoisotopic (exact) mass is 515 g/mol. The highest BCUT2D eigenvalue weighted by atomic mass is 32.1. The Balaban J connectivity index is 1.60. The molecule has 198 valence electrons. The SMILES string of the molecule is CC(C)(C)C#Cc1cc(N(C(=O)[C@H]2CC[C@H](C)CC2)[C@H]2CC[C@H](O[C@@H]3CCOC3)CC2)c(C(=O)O)s1. The first kappa shape index (κ1) is 27.2. The van der Waals surface area contributed by atoms with Crippen molar-refractivity contribution < 1.29 is 24.2 Å². The fourth-order valence-corrected chi connectivity index (χ4v) is 6.40. The predicted octanol–water partition coefficient (Wildman–Crippen LogP) is 6.12. The third kappa shape index (κ3) is 6.90. The molecule has 36 heavy (non-hydrogen) atoms. The minimum atomic E-state index is -0.993. The molecule has 0 spiro atoms. The van der Waals surface area contributed by atoms with Gasteiger partial charge in [-0.1, -0.05) is 18.8 Å². The van der Waals surface area contributed by atoms with Crippen LogP contribution in [0.1, 0.15) is 100 Å². The number of carboxylic acid groups (broad SMARTS) is 1. The van der Waals surface area contributed by atoms with E-state index in [0.717, 1.165) is 64.4 Å². The normalized spacial score (nSPS) is 28.8. The maximum absolute atomic E-state index is 14.0. The van der Waals surface area contributed by atoms with Crippen molar-refractivity contribution in [2.24, 2.45) is 17.3 Å². The van der Waals surface area contributed by atoms with Gasteiger partial charge in [-0.2, -0.15) is 0 Å². The van der Waals surface area contributed by atoms with Crippen molar-refractivity contribution in [3.05, 3.63) is 15.8 Å². The summed E-state index contributed by atoms with van der Waals surface area (Å²) in [6.45, 7) is 9.77. The number of nitrogens with zero attached hydrogens (tertiary/aromatic N) is 1. The van der Waals surface area contributed by atoms with E-state index in [1.165, 1.54) is 11.3 Å². The van der Waals surface area contributed by atoms with Gasteiger partial charge >= 0.3 is 5.97 Å². The Morgan fingerprint density at radius 2 is 1.75 bits per heavy atom. The average molecular weight is 516 g/mol. The summed E-state index contributed by atoms with van der Waals surface area (Å²) in [5.74, 6) is 6.07. The van der Waals surface area contributed by atoms with Gasteiger partial charge in [0, 0.05) is 24.0 Å². The number of aromatic carboxylic acids is 1. The smallest absolute Gasteiger partial charge is 0.348 e. The molecule has 4 rings (SSSR count). The lowest BCUT2D eigenvalue weighted by atomic mass is 9.81. The summed E-state index contributed by atoms with van der Waals surface area (Å²) in [5, 5.41) is 10.1. The second kappa shape index (κ2) is 11.7. The molecule has 1 atom stereocenters. The summed E-state index contributed by atoms with van der Waals surface area (Å²) in [6, 6.07) is 1.82. The molecule has 0 unspecified atom stereocenters. The molecule has 7 heteroatoms. The molecule has 3 aliphatic rings. The van der Waals surface area contributed by atoms with E-state index in [2.05, 4.69) is 18.8 Å². The van der Waals surface area contributed by atoms with E-state index in [1.807, 2.05) is 31.7 Å². The van der Waals surface area contributed by atoms with Crippen LogP contribution in [0.4, 0.5) is 5.69 Å². The molecule has 0 radical (unpaired) electrons. The quantitative estimate of drug-likeness (QED) is 0.462. The van der Waals surface area contributed by atoms with Gasteiger partial charge in [0.25, 0.3) is 0 Å². The van der Waals surface area contributed by atoms with Crippen LogP contribution in [0.25, 0.3) is 0 Å². The fourth-order valence-electron chi connectivity index (χ4n) is 5.56. The molecule has 2 saturated carbocycles. The van der Waals surface area contributed by atoms with E-state index in [0.29, 0.717) is 23.1 Å². The van der Waals surface area contributed by atoms with Gasteiger partial charge < -0.3 is 19.5 Å². The molecule has 1 N–H and O–H groups in total. The van der Waals surface area contributed by atoms with Crippen molar-refractivity contribution in [3.63, 3.8) is 0 Å². The van der Waals surface area contributed by atoms with Gasteiger partial charge in [-0.25, -0.2) is 4.79 Å². The first-order chi connectivity index (χ1) is 17.1. The number of ether oxygens (including phenoxy) is 2. The number of hydrogen-bond acceptors (Lipinski definition) is 5. The number of thiophene rings is 1. The zero-order chi connectivity index (χ0) is 25.9. The van der Waals surface area contributed by atoms with Crippen LogP contribution >= 0.6 is 11.3 Å². The minimum absolute atomic E-state index is 0.0207. The summed E-state index contributed by atoms with van der Waals surface area (Å²) in [5.41, 5.74) is 0.341. The highest BCUT2D eigenvalue weighted by molar-refractivity contribution is 7.15. The lowest BCUT2D eigenvalue weighted by Crippen LogP contribution is -2.47. The highest BCUT2D eigenvalue weighted by Gasteiger charge is 2.38. The van der Waals surface area contributed by atoms with Crippen LogP contribution in [-0.2, 0) is 14.3 Å². The second-order valence-electron chi connectivity index (χ2n) is 11.8. The lowest BCUT2D eigenvalue weighted by Gasteiger charge is -2.39. The average Bonchev–Trinajstić information content (AvgIpc) is 3.49. The Kier molecular flexibility index (Phi) is 8.80. The Bertz CT molecular complexity index is 978. The Hall–Kier alpha value is -1.88. The molecular weight excluding hydrogens is 474 g/mol. The second-order valence-corrected chi connectivity index (χ2v) is 12.9. The van der Waals surface area contributed by atoms with Crippen LogP contribution in [0.3, 0.4) is 0 Å². The van der Waals surface area contributed by atoms with Crippen LogP contribution in [0, 0.1) is 29.1 Å². The van der Waals surface area contributed by atoms with E-state index in [9.17, 15) is 14.7 Å². The van der Waals surface area contributed by atoms with Crippen LogP contribution in [0.2, 0.25) is 0 Å². The first-order valence-corrected chi connectivity index (χ1v) is 14.4. The third-order valence-electron chi connectivity index (χ3n) is 7.61. The van der Waals surface area contributed by atoms with Gasteiger partial charge in [0.1, 0.15) is 4.88 Å². The van der Waals surface area contributed by atoms with E-state index in [4.69, 9.17) is 9.47 Å². The Morgan fingerprint density at radius 3 is 2.33 bits per heavy atom. The van der Waals surface area contributed by atoms with Gasteiger partial charge in [-0.05, 0) is 90.5 Å². The molecule has 1 aromatic heterocycles. The predicted molar refractivity (Wildman–Crippen MR) is 143 cm³/mol. The van der Waals surface area contributed by atoms with Gasteiger partial charge in [0.2, 0.25) is 5.91 Å². The number of rotatable bonds is 6. The minimum Gasteiger partial charge on any atom is -0.477 e. The number of anilines is 1. The van der Waals surface area contributed by atoms with Crippen molar-refractivity contribution in [2.75, 3.05) is 18.1 Å².